The second-order valence-corrected chi connectivity index (χ2v) is 7.10. The molecule has 0 unspecified atom stereocenters. The van der Waals surface area contributed by atoms with Gasteiger partial charge in [0, 0.05) is 17.1 Å². The number of nitrogens with zero attached hydrogens (tertiary/aromatic N) is 4. The molecule has 1 fully saturated rings. The van der Waals surface area contributed by atoms with Gasteiger partial charge in [0.25, 0.3) is 0 Å². The van der Waals surface area contributed by atoms with Crippen LogP contribution >= 0.6 is 0 Å². The molecule has 8 radical (unpaired) electrons. The maximum atomic E-state index is 12.3. The number of nitrogens with one attached hydrogen (secondary N) is 1. The quantitative estimate of drug-likeness (QED) is 0.532. The molecular weight excluding hydrogens is 357 g/mol. The molecule has 29 heavy (non-hydrogen) atoms. The molecule has 4 rings (SSSR count). The Morgan fingerprint density at radius 2 is 1.76 bits per heavy atom. The first-order valence-electron chi connectivity index (χ1n) is 9.30. The van der Waals surface area contributed by atoms with Crippen LogP contribution in [0.3, 0.4) is 0 Å². The van der Waals surface area contributed by atoms with E-state index in [4.69, 9.17) is 31.4 Å². The van der Waals surface area contributed by atoms with Crippen molar-refractivity contribution in [2.75, 3.05) is 25.0 Å². The van der Waals surface area contributed by atoms with E-state index in [1.807, 2.05) is 6.07 Å². The van der Waals surface area contributed by atoms with E-state index in [1.165, 1.54) is 0 Å². The summed E-state index contributed by atoms with van der Waals surface area (Å²) in [5, 5.41) is 3.61. The molecule has 10 heteroatoms. The van der Waals surface area contributed by atoms with Gasteiger partial charge in [0.15, 0.2) is 0 Å². The molecule has 0 atom stereocenters. The van der Waals surface area contributed by atoms with Crippen LogP contribution in [-0.4, -0.2) is 76.8 Å². The van der Waals surface area contributed by atoms with E-state index in [1.54, 1.807) is 18.5 Å². The third kappa shape index (κ3) is 4.08. The second kappa shape index (κ2) is 8.03. The number of anilines is 1. The fourth-order valence-electron chi connectivity index (χ4n) is 3.52. The average Bonchev–Trinajstić information content (AvgIpc) is 3.19. The number of carbonyl (C=O) groups excluding carboxylic acids is 1. The van der Waals surface area contributed by atoms with Crippen LogP contribution in [0.4, 0.5) is 5.82 Å². The number of hydrogen-bond acceptors (Lipinski definition) is 5. The summed E-state index contributed by atoms with van der Waals surface area (Å²) in [6.45, 7) is 2.27. The molecule has 0 aliphatic carbocycles. The summed E-state index contributed by atoms with van der Waals surface area (Å²) in [6.07, 6.45) is 5.49. The molecule has 0 bridgehead atoms. The molecule has 1 aliphatic rings. The molecule has 1 amide bonds. The van der Waals surface area contributed by atoms with Crippen LogP contribution in [-0.2, 0) is 4.79 Å². The number of fused-ring (bicyclic) bond motifs is 1. The topological polar surface area (TPSA) is 71.0 Å². The third-order valence-electron chi connectivity index (χ3n) is 5.02. The molecule has 1 aliphatic heterocycles. The summed E-state index contributed by atoms with van der Waals surface area (Å²) in [4.78, 5) is 27.1. The minimum absolute atomic E-state index is 0.0877. The highest BCUT2D eigenvalue weighted by Gasteiger charge is 2.16. The smallest absolute Gasteiger partial charge is 0.239 e. The lowest BCUT2D eigenvalue weighted by Crippen LogP contribution is -2.47. The monoisotopic (exact) mass is 373 g/mol. The van der Waals surface area contributed by atoms with Crippen molar-refractivity contribution in [2.24, 2.45) is 0 Å². The Kier molecular flexibility index (Phi) is 5.46. The zero-order valence-electron chi connectivity index (χ0n) is 15.9. The Morgan fingerprint density at radius 1 is 1.00 bits per heavy atom. The van der Waals surface area contributed by atoms with Crippen molar-refractivity contribution < 1.29 is 4.79 Å². The van der Waals surface area contributed by atoms with Crippen LogP contribution < -0.4 is 27.4 Å². The molecule has 6 nitrogen and oxygen atoms in total. The van der Waals surface area contributed by atoms with Gasteiger partial charge >= 0.3 is 0 Å². The molecule has 1 saturated heterocycles. The van der Waals surface area contributed by atoms with Gasteiger partial charge in [-0.1, -0.05) is 10.9 Å². The summed E-state index contributed by atoms with van der Waals surface area (Å²) in [7, 11) is 23.7. The number of carbonyl (C=O) groups is 1. The summed E-state index contributed by atoms with van der Waals surface area (Å²) in [5.41, 5.74) is 2.48. The first-order valence-corrected chi connectivity index (χ1v) is 9.30. The first kappa shape index (κ1) is 19.7. The minimum atomic E-state index is -0.0909. The molecule has 3 aromatic heterocycles. The van der Waals surface area contributed by atoms with Crippen molar-refractivity contribution in [1.82, 2.24) is 19.9 Å². The number of rotatable bonds is 4. The summed E-state index contributed by atoms with van der Waals surface area (Å²) in [6, 6.07) is 3.60. The number of amides is 1. The maximum Gasteiger partial charge on any atom is 0.239 e. The largest absolute Gasteiger partial charge is 0.310 e. The molecule has 3 aromatic rings. The molecule has 0 aromatic carbocycles. The van der Waals surface area contributed by atoms with Gasteiger partial charge in [-0.2, -0.15) is 0 Å². The fourth-order valence-corrected chi connectivity index (χ4v) is 3.52. The minimum Gasteiger partial charge on any atom is -0.310 e. The van der Waals surface area contributed by atoms with Gasteiger partial charge < -0.3 is 5.32 Å². The summed E-state index contributed by atoms with van der Waals surface area (Å²) >= 11 is 0. The van der Waals surface area contributed by atoms with Gasteiger partial charge in [-0.25, -0.2) is 4.98 Å². The second-order valence-electron chi connectivity index (χ2n) is 7.10. The highest BCUT2D eigenvalue weighted by atomic mass is 16.2. The van der Waals surface area contributed by atoms with Crippen LogP contribution in [0.2, 0.25) is 0 Å². The highest BCUT2D eigenvalue weighted by molar-refractivity contribution is 6.59. The standard InChI is InChI=1S/C19H15B4N5O/c20-16-15(18(22)27-19(23)17(16)21)11-5-10-6-13(25-8-12(10)24-7-11)26-14(29)9-28-3-1-2-4-28/h5-8H,1-4,9H2,(H,25,26,29). The number of aromatic nitrogens is 3. The summed E-state index contributed by atoms with van der Waals surface area (Å²) < 4.78 is 0. The Balaban J connectivity index is 1.64. The Hall–Kier alpha value is -2.60. The van der Waals surface area contributed by atoms with Crippen molar-refractivity contribution in [2.45, 2.75) is 12.8 Å². The Labute approximate surface area is 174 Å². The Morgan fingerprint density at radius 3 is 2.52 bits per heavy atom. The van der Waals surface area contributed by atoms with E-state index < -0.39 is 0 Å². The Bertz CT molecular complexity index is 1100. The van der Waals surface area contributed by atoms with Crippen LogP contribution in [0.15, 0.2) is 24.5 Å². The number of likely N-dealkylation sites (tertiary alicyclic amines) is 1. The molecular formula is C19H15B4N5O. The molecule has 0 saturated carbocycles. The van der Waals surface area contributed by atoms with Gasteiger partial charge in [-0.05, 0) is 54.8 Å². The number of hydrogen-bond donors (Lipinski definition) is 1. The predicted octanol–water partition coefficient (Wildman–Crippen LogP) is -2.10. The predicted molar refractivity (Wildman–Crippen MR) is 119 cm³/mol. The molecule has 134 valence electrons. The van der Waals surface area contributed by atoms with Crippen LogP contribution in [0.25, 0.3) is 22.0 Å². The van der Waals surface area contributed by atoms with Crippen LogP contribution in [0.1, 0.15) is 12.8 Å². The van der Waals surface area contributed by atoms with Crippen molar-refractivity contribution in [3.8, 4) is 11.1 Å². The molecule has 0 spiro atoms. The van der Waals surface area contributed by atoms with Gasteiger partial charge in [0.2, 0.25) is 5.91 Å². The van der Waals surface area contributed by atoms with Crippen molar-refractivity contribution in [1.29, 1.82) is 0 Å². The van der Waals surface area contributed by atoms with Crippen molar-refractivity contribution in [3.05, 3.63) is 24.5 Å². The zero-order chi connectivity index (χ0) is 20.5. The normalized spacial score (nSPS) is 14.3. The first-order chi connectivity index (χ1) is 13.9. The van der Waals surface area contributed by atoms with E-state index in [2.05, 4.69) is 25.2 Å². The van der Waals surface area contributed by atoms with Gasteiger partial charge in [0.1, 0.15) is 37.2 Å². The lowest BCUT2D eigenvalue weighted by Gasteiger charge is -2.16. The summed E-state index contributed by atoms with van der Waals surface area (Å²) in [5.74, 6) is 0.364. The third-order valence-corrected chi connectivity index (χ3v) is 5.02. The van der Waals surface area contributed by atoms with E-state index in [0.29, 0.717) is 29.0 Å². The van der Waals surface area contributed by atoms with Crippen LogP contribution in [0.5, 0.6) is 0 Å². The van der Waals surface area contributed by atoms with E-state index >= 15 is 0 Å². The lowest BCUT2D eigenvalue weighted by atomic mass is 9.70. The van der Waals surface area contributed by atoms with Crippen LogP contribution in [0, 0.1) is 0 Å². The maximum absolute atomic E-state index is 12.3. The average molecular weight is 373 g/mol. The van der Waals surface area contributed by atoms with Crippen molar-refractivity contribution >= 4 is 76.1 Å². The van der Waals surface area contributed by atoms with E-state index in [9.17, 15) is 4.79 Å². The van der Waals surface area contributed by atoms with E-state index in [-0.39, 0.29) is 28.0 Å². The zero-order valence-corrected chi connectivity index (χ0v) is 15.9. The van der Waals surface area contributed by atoms with Gasteiger partial charge in [0.05, 0.1) is 18.3 Å². The number of pyridine rings is 3. The van der Waals surface area contributed by atoms with Gasteiger partial charge in [-0.15, -0.1) is 0 Å². The van der Waals surface area contributed by atoms with Crippen molar-refractivity contribution in [3.63, 3.8) is 0 Å². The molecule has 1 N–H and O–H groups in total. The highest BCUT2D eigenvalue weighted by Crippen LogP contribution is 2.21. The molecule has 4 heterocycles. The van der Waals surface area contributed by atoms with Gasteiger partial charge in [-0.3, -0.25) is 19.7 Å². The fraction of sp³-hybridized carbons (Fsp3) is 0.263. The van der Waals surface area contributed by atoms with E-state index in [0.717, 1.165) is 31.3 Å². The lowest BCUT2D eigenvalue weighted by molar-refractivity contribution is -0.117. The SMILES string of the molecule is [B]c1nc([B])c(-c2cnc3cnc(NC(=O)CN4CCCC4)cc3c2)c([B])c1[B].